The van der Waals surface area contributed by atoms with Gasteiger partial charge in [0.15, 0.2) is 71.7 Å². The van der Waals surface area contributed by atoms with Crippen molar-refractivity contribution < 1.29 is 101 Å². The van der Waals surface area contributed by atoms with Gasteiger partial charge in [-0.15, -0.1) is 0 Å². The van der Waals surface area contributed by atoms with Crippen molar-refractivity contribution in [3.63, 3.8) is 0 Å². The summed E-state index contributed by atoms with van der Waals surface area (Å²) in [5.74, 6) is -1.64. The Bertz CT molecular complexity index is 4790. The molecule has 6 fully saturated rings. The number of fused-ring (bicyclic) bond motifs is 8. The van der Waals surface area contributed by atoms with Crippen LogP contribution in [0.5, 0.6) is 0 Å². The van der Waals surface area contributed by atoms with Gasteiger partial charge in [0.25, 0.3) is 22.2 Å². The first-order valence-corrected chi connectivity index (χ1v) is 40.3. The quantitative estimate of drug-likeness (QED) is 0.0543. The number of quaternary nitrogens is 4. The summed E-state index contributed by atoms with van der Waals surface area (Å²) in [6.45, 7) is 8.50. The molecule has 14 rings (SSSR count). The molecule has 0 amide bonds. The molecule has 0 aliphatic carbocycles. The highest BCUT2D eigenvalue weighted by Gasteiger charge is 2.55. The fourth-order valence-electron chi connectivity index (χ4n) is 12.1. The molecule has 4 unspecified atom stereocenters. The van der Waals surface area contributed by atoms with Crippen LogP contribution in [0, 0.1) is 5.92 Å². The topological polar surface area (TPSA) is 819 Å². The molecule has 8 aromatic rings. The number of imidazole rings is 4. The zero-order chi connectivity index (χ0) is 75.1. The Labute approximate surface area is 591 Å². The molecule has 56 heteroatoms. The van der Waals surface area contributed by atoms with Gasteiger partial charge in [0, 0.05) is 12.0 Å². The molecule has 0 spiro atoms. The predicted molar refractivity (Wildman–Crippen MR) is 361 cm³/mol. The lowest BCUT2D eigenvalue weighted by Gasteiger charge is -2.42. The second-order valence-electron chi connectivity index (χ2n) is 25.3. The van der Waals surface area contributed by atoms with E-state index in [0.29, 0.717) is 0 Å². The van der Waals surface area contributed by atoms with E-state index in [0.717, 1.165) is 21.8 Å². The second kappa shape index (κ2) is 30.8. The number of hydrogen-bond acceptors (Lipinski definition) is 35. The minimum absolute atomic E-state index is 0. The molecule has 32 N–H and O–H groups in total. The van der Waals surface area contributed by atoms with Crippen molar-refractivity contribution in [2.75, 3.05) is 63.5 Å². The number of nitrogen functional groups attached to an aromatic ring is 4. The summed E-state index contributed by atoms with van der Waals surface area (Å²) in [5, 5.41) is 31.2. The number of hydrogen-bond donors (Lipinski definition) is 18. The summed E-state index contributed by atoms with van der Waals surface area (Å²) >= 11 is 0. The van der Waals surface area contributed by atoms with E-state index in [4.69, 9.17) is 64.4 Å². The first-order chi connectivity index (χ1) is 48.4. The summed E-state index contributed by atoms with van der Waals surface area (Å²) < 4.78 is 111. The highest BCUT2D eigenvalue weighted by atomic mass is 31.2. The van der Waals surface area contributed by atoms with Gasteiger partial charge in [-0.1, -0.05) is 27.7 Å². The van der Waals surface area contributed by atoms with Crippen LogP contribution >= 0.6 is 31.0 Å². The molecule has 582 valence electrons. The first kappa shape index (κ1) is 81.9. The Balaban J connectivity index is 0.000000230. The number of ether oxygens (including phenoxy) is 4. The van der Waals surface area contributed by atoms with E-state index >= 15 is 0 Å². The number of nitrogens with zero attached hydrogens (tertiary/aromatic N) is 12. The van der Waals surface area contributed by atoms with E-state index in [-0.39, 0.29) is 85.8 Å². The number of anilines is 4. The highest BCUT2D eigenvalue weighted by molar-refractivity contribution is 7.50. The molecule has 6 aliphatic rings. The first-order valence-electron chi connectivity index (χ1n) is 31.3. The van der Waals surface area contributed by atoms with Crippen LogP contribution in [0.25, 0.3) is 44.7 Å². The summed E-state index contributed by atoms with van der Waals surface area (Å²) in [6.07, 6.45) is -10.3. The molecular weight excluding hydrogens is 1500 g/mol. The molecule has 105 heavy (non-hydrogen) atoms. The normalized spacial score (nSPS) is 33.8. The van der Waals surface area contributed by atoms with Gasteiger partial charge in [-0.3, -0.25) is 80.7 Å². The summed E-state index contributed by atoms with van der Waals surface area (Å²) in [7, 11) is -19.4. The van der Waals surface area contributed by atoms with Crippen LogP contribution in [0.15, 0.2) is 44.5 Å². The van der Waals surface area contributed by atoms with Crippen molar-refractivity contribution in [3.05, 3.63) is 66.7 Å². The van der Waals surface area contributed by atoms with Crippen LogP contribution in [0.2, 0.25) is 18.1 Å². The zero-order valence-electron chi connectivity index (χ0n) is 57.7. The van der Waals surface area contributed by atoms with E-state index in [2.05, 4.69) is 91.6 Å². The lowest BCUT2D eigenvalue weighted by Crippen LogP contribution is -2.53. The maximum absolute atomic E-state index is 13.8. The lowest BCUT2D eigenvalue weighted by molar-refractivity contribution is -0.325. The van der Waals surface area contributed by atoms with Crippen molar-refractivity contribution in [2.24, 2.45) is 5.92 Å². The smallest absolute Gasteiger partial charge is 0.280 e. The summed E-state index contributed by atoms with van der Waals surface area (Å²) in [5.41, 5.74) is 26.2. The number of nitrogens with two attached hydrogens (primary N) is 4. The SMILES string of the molecule is C[C@@H]1[C@@H]2NP(=O)([O-])OC[C@H]3O[C@@H](n4cnc5c(=O)[nH]c(N)nc54)[C@H](O[Si](C)(C)C(C)(C)C)[C@@H]3NP(=O)([O-])OC[C@H]2O[C@H]1n1cnc2c(=O)[nH]c(N)nc21.C[NH3+].C[NH3+].Nc1nc2c(ncn2[C@@H]2O[C@@H]3COP(=O)([O-])N[C@H]4[C@@H](O)[C@H](n5cnc6c(=O)[nH]c(N)nc65)O[C@@H]4COP(=O)([O-])N[C@H]3[C@H]2O)c(=O)[nH]1.[NH4+].[NH4+]. The monoisotopic (exact) mass is 1580 g/mol. The Morgan fingerprint density at radius 1 is 0.486 bits per heavy atom. The third-order valence-electron chi connectivity index (χ3n) is 17.8. The molecule has 6 aliphatic heterocycles. The van der Waals surface area contributed by atoms with Crippen LogP contribution in [0.1, 0.15) is 52.6 Å². The van der Waals surface area contributed by atoms with E-state index < -0.39 is 186 Å². The molecule has 0 radical (unpaired) electrons. The van der Waals surface area contributed by atoms with Crippen molar-refractivity contribution in [3.8, 4) is 0 Å². The number of aromatic nitrogens is 16. The largest absolute Gasteiger partial charge is 0.766 e. The zero-order valence-corrected chi connectivity index (χ0v) is 62.3. The molecule has 6 saturated heterocycles. The number of nitrogens with one attached hydrogen (secondary N) is 8. The molecule has 0 bridgehead atoms. The fourth-order valence-corrected chi connectivity index (χ4v) is 17.9. The van der Waals surface area contributed by atoms with Gasteiger partial charge in [0.2, 0.25) is 54.8 Å². The van der Waals surface area contributed by atoms with Crippen molar-refractivity contribution >= 4 is 108 Å². The standard InChI is InChI=1S/C27H42N12O11P2Si.C20H26N12O12P2.2CH5N.2H3N/c1-11-14-12(48-23(11)38-9-30-16-19(38)32-25(28)34-21(16)40)7-46-52(44,45)37-15-13(8-47-51(42,43)36-14)49-24(18(15)50-53(5,6)27(2,3)4)39-10-31-17-20(39)33-26(29)35-22(17)41;21-19-25-13-9(15(35)27-19)23-3-31(13)17-11(33)7-5(43-17)1-41-45(37,38)30-8-6(2-42-46(39,40)29-7)44-18(12(8)34)32-4-24-10-14(32)26-20(22)28-16(10)36;2*1-2;;/h9-15,18,23-24H,7-8H2,1-6H3,(H2,36,42,43)(H2,37,44,45)(H3,28,32,34,40)(H3,29,33,35,41);3-8,11-12,17-18,33-34H,1-2H2,(H2,29,39,40)(H2,30,37,38)(H3,21,25,27,35)(H3,22,26,28,36);2*2H2,1H3;2*1H3/t11-,12-,13-,14+,15-,18-,23-,24-;5-,6-,7-,8-,11-,12-,17-,18-;;;;/m11..../s1. The molecule has 0 aromatic carbocycles. The Morgan fingerprint density at radius 2 is 0.743 bits per heavy atom. The Hall–Kier alpha value is -7.18. The van der Waals surface area contributed by atoms with Gasteiger partial charge in [-0.25, -0.2) is 35.2 Å². The minimum atomic E-state index is -5.09. The Kier molecular flexibility index (Phi) is 24.0. The molecule has 8 aromatic heterocycles. The molecule has 14 heterocycles. The van der Waals surface area contributed by atoms with Crippen LogP contribution in [-0.4, -0.2) is 204 Å². The van der Waals surface area contributed by atoms with Crippen molar-refractivity contribution in [1.29, 1.82) is 0 Å². The van der Waals surface area contributed by atoms with Gasteiger partial charge in [-0.05, 0) is 18.1 Å². The molecule has 0 saturated carbocycles. The minimum Gasteiger partial charge on any atom is -0.766 e. The van der Waals surface area contributed by atoms with Crippen molar-refractivity contribution in [2.45, 2.75) is 138 Å². The second-order valence-corrected chi connectivity index (χ2v) is 36.1. The van der Waals surface area contributed by atoms with Gasteiger partial charge in [0.05, 0.1) is 84.0 Å². The summed E-state index contributed by atoms with van der Waals surface area (Å²) in [4.78, 5) is 145. The van der Waals surface area contributed by atoms with Gasteiger partial charge in [0.1, 0.15) is 49.0 Å². The molecule has 20 atom stereocenters. The predicted octanol–water partition coefficient (Wildman–Crippen LogP) is -7.56. The average molecular weight is 1590 g/mol. The third kappa shape index (κ3) is 16.3. The maximum atomic E-state index is 13.8. The number of aliphatic hydroxyl groups excluding tert-OH is 2. The Morgan fingerprint density at radius 3 is 1.07 bits per heavy atom. The van der Waals surface area contributed by atoms with Crippen molar-refractivity contribution in [1.82, 2.24) is 111 Å². The van der Waals surface area contributed by atoms with Crippen LogP contribution < -0.4 is 109 Å². The van der Waals surface area contributed by atoms with E-state index in [1.165, 1.54) is 21.8 Å². The number of aromatic amines is 4. The van der Waals surface area contributed by atoms with Gasteiger partial charge in [-0.2, -0.15) is 19.9 Å². The average Bonchev–Trinajstić information content (AvgIpc) is 1.54. The molecular formula is C49H84N28O23P4Si. The lowest BCUT2D eigenvalue weighted by atomic mass is 10.00. The van der Waals surface area contributed by atoms with E-state index in [1.807, 2.05) is 33.9 Å². The van der Waals surface area contributed by atoms with E-state index in [1.54, 1.807) is 21.0 Å². The highest BCUT2D eigenvalue weighted by Crippen LogP contribution is 2.50. The number of rotatable bonds is 6. The van der Waals surface area contributed by atoms with E-state index in [9.17, 15) is 67.2 Å². The number of H-pyrrole nitrogens is 4. The fraction of sp³-hybridized carbons (Fsp3) is 0.592. The number of aliphatic hydroxyl groups is 2. The van der Waals surface area contributed by atoms with Gasteiger partial charge >= 0.3 is 0 Å². The van der Waals surface area contributed by atoms with Crippen LogP contribution in [-0.2, 0) is 59.7 Å². The maximum Gasteiger partial charge on any atom is 0.280 e. The third-order valence-corrected chi connectivity index (χ3v) is 26.7. The van der Waals surface area contributed by atoms with Crippen LogP contribution in [0.3, 0.4) is 0 Å². The van der Waals surface area contributed by atoms with Crippen LogP contribution in [0.4, 0.5) is 23.8 Å². The molecule has 51 nitrogen and oxygen atoms in total. The van der Waals surface area contributed by atoms with Gasteiger partial charge < -0.3 is 118 Å². The summed E-state index contributed by atoms with van der Waals surface area (Å²) in [6, 6.07) is -5.47.